The molecule has 0 spiro atoms. The van der Waals surface area contributed by atoms with Gasteiger partial charge in [-0.1, -0.05) is 13.8 Å². The first-order valence-electron chi connectivity index (χ1n) is 6.79. The van der Waals surface area contributed by atoms with Gasteiger partial charge in [0.1, 0.15) is 13.2 Å². The second-order valence-corrected chi connectivity index (χ2v) is 5.84. The van der Waals surface area contributed by atoms with Crippen LogP contribution in [-0.4, -0.2) is 75.5 Å². The standard InChI is InChI=1S/C13H25N3O4/c1-13(2,9-19-11(17)14-3)10-20-12(18)16-7-5-15(4)6-8-16/h5-10H2,1-4H3,(H,14,17). The highest BCUT2D eigenvalue weighted by atomic mass is 16.6. The number of amides is 2. The summed E-state index contributed by atoms with van der Waals surface area (Å²) < 4.78 is 10.3. The molecule has 1 rings (SSSR count). The molecule has 0 aromatic carbocycles. The number of likely N-dealkylation sites (N-methyl/N-ethyl adjacent to an activating group) is 1. The molecule has 7 nitrogen and oxygen atoms in total. The van der Waals surface area contributed by atoms with Crippen LogP contribution >= 0.6 is 0 Å². The number of hydrogen-bond donors (Lipinski definition) is 1. The van der Waals surface area contributed by atoms with Crippen LogP contribution in [0.1, 0.15) is 13.8 Å². The number of piperazine rings is 1. The third kappa shape index (κ3) is 5.64. The van der Waals surface area contributed by atoms with Crippen LogP contribution in [0, 0.1) is 5.41 Å². The van der Waals surface area contributed by atoms with Gasteiger partial charge in [0.15, 0.2) is 0 Å². The van der Waals surface area contributed by atoms with Crippen molar-refractivity contribution in [2.45, 2.75) is 13.8 Å². The Hall–Kier alpha value is -1.50. The van der Waals surface area contributed by atoms with Crippen LogP contribution < -0.4 is 5.32 Å². The van der Waals surface area contributed by atoms with Crippen LogP contribution in [0.3, 0.4) is 0 Å². The summed E-state index contributed by atoms with van der Waals surface area (Å²) in [4.78, 5) is 26.8. The molecular formula is C13H25N3O4. The van der Waals surface area contributed by atoms with Gasteiger partial charge in [0, 0.05) is 38.6 Å². The maximum Gasteiger partial charge on any atom is 0.409 e. The Balaban J connectivity index is 2.30. The largest absolute Gasteiger partial charge is 0.449 e. The Labute approximate surface area is 120 Å². The Kier molecular flexibility index (Phi) is 6.06. The van der Waals surface area contributed by atoms with Gasteiger partial charge in [-0.25, -0.2) is 9.59 Å². The minimum Gasteiger partial charge on any atom is -0.449 e. The third-order valence-corrected chi connectivity index (χ3v) is 3.15. The third-order valence-electron chi connectivity index (χ3n) is 3.15. The van der Waals surface area contributed by atoms with E-state index in [-0.39, 0.29) is 19.3 Å². The Bertz CT molecular complexity index is 339. The first-order chi connectivity index (χ1) is 9.34. The second-order valence-electron chi connectivity index (χ2n) is 5.84. The maximum atomic E-state index is 11.9. The zero-order chi connectivity index (χ0) is 15.2. The van der Waals surface area contributed by atoms with Crippen LogP contribution in [0.4, 0.5) is 9.59 Å². The van der Waals surface area contributed by atoms with Gasteiger partial charge in [-0.2, -0.15) is 0 Å². The minimum absolute atomic E-state index is 0.197. The van der Waals surface area contributed by atoms with Crippen molar-refractivity contribution in [1.29, 1.82) is 0 Å². The van der Waals surface area contributed by atoms with Crippen LogP contribution in [-0.2, 0) is 9.47 Å². The highest BCUT2D eigenvalue weighted by Crippen LogP contribution is 2.17. The van der Waals surface area contributed by atoms with Crippen LogP contribution in [0.2, 0.25) is 0 Å². The van der Waals surface area contributed by atoms with Crippen molar-refractivity contribution in [3.63, 3.8) is 0 Å². The molecule has 20 heavy (non-hydrogen) atoms. The van der Waals surface area contributed by atoms with Crippen molar-refractivity contribution >= 4 is 12.2 Å². The molecule has 0 saturated carbocycles. The molecule has 0 bridgehead atoms. The molecule has 0 atom stereocenters. The van der Waals surface area contributed by atoms with E-state index in [1.54, 1.807) is 4.90 Å². The summed E-state index contributed by atoms with van der Waals surface area (Å²) in [5, 5.41) is 2.38. The Morgan fingerprint density at radius 3 is 2.20 bits per heavy atom. The zero-order valence-corrected chi connectivity index (χ0v) is 12.8. The number of carbonyl (C=O) groups is 2. The molecule has 2 amide bonds. The highest BCUT2D eigenvalue weighted by Gasteiger charge is 2.25. The summed E-state index contributed by atoms with van der Waals surface area (Å²) in [6.45, 7) is 7.27. The van der Waals surface area contributed by atoms with Gasteiger partial charge in [-0.05, 0) is 7.05 Å². The topological polar surface area (TPSA) is 71.1 Å². The van der Waals surface area contributed by atoms with Gasteiger partial charge in [0.2, 0.25) is 0 Å². The van der Waals surface area contributed by atoms with E-state index < -0.39 is 11.5 Å². The van der Waals surface area contributed by atoms with Gasteiger partial charge in [-0.3, -0.25) is 0 Å². The lowest BCUT2D eigenvalue weighted by molar-refractivity contribution is 0.0269. The predicted molar refractivity (Wildman–Crippen MR) is 74.6 cm³/mol. The molecule has 1 heterocycles. The number of nitrogens with zero attached hydrogens (tertiary/aromatic N) is 2. The number of hydrogen-bond acceptors (Lipinski definition) is 5. The zero-order valence-electron chi connectivity index (χ0n) is 12.8. The van der Waals surface area contributed by atoms with Crippen LogP contribution in [0.5, 0.6) is 0 Å². The van der Waals surface area contributed by atoms with Crippen molar-refractivity contribution in [2.24, 2.45) is 5.41 Å². The average molecular weight is 287 g/mol. The first-order valence-corrected chi connectivity index (χ1v) is 6.79. The van der Waals surface area contributed by atoms with Crippen molar-refractivity contribution in [1.82, 2.24) is 15.1 Å². The molecule has 0 aromatic rings. The SMILES string of the molecule is CNC(=O)OCC(C)(C)COC(=O)N1CCN(C)CC1. The molecule has 1 aliphatic heterocycles. The lowest BCUT2D eigenvalue weighted by Gasteiger charge is -2.32. The van der Waals surface area contributed by atoms with E-state index in [1.807, 2.05) is 20.9 Å². The number of alkyl carbamates (subject to hydrolysis) is 1. The van der Waals surface area contributed by atoms with E-state index in [9.17, 15) is 9.59 Å². The summed E-state index contributed by atoms with van der Waals surface area (Å²) in [6.07, 6.45) is -0.783. The van der Waals surface area contributed by atoms with Crippen molar-refractivity contribution < 1.29 is 19.1 Å². The van der Waals surface area contributed by atoms with E-state index in [1.165, 1.54) is 7.05 Å². The lowest BCUT2D eigenvalue weighted by atomic mass is 9.96. The van der Waals surface area contributed by atoms with Gasteiger partial charge >= 0.3 is 12.2 Å². The van der Waals surface area contributed by atoms with Crippen LogP contribution in [0.15, 0.2) is 0 Å². The molecule has 1 saturated heterocycles. The van der Waals surface area contributed by atoms with Gasteiger partial charge in [0.05, 0.1) is 0 Å². The van der Waals surface area contributed by atoms with Crippen LogP contribution in [0.25, 0.3) is 0 Å². The smallest absolute Gasteiger partial charge is 0.409 e. The molecule has 0 aromatic heterocycles. The van der Waals surface area contributed by atoms with E-state index in [4.69, 9.17) is 9.47 Å². The van der Waals surface area contributed by atoms with E-state index >= 15 is 0 Å². The van der Waals surface area contributed by atoms with Gasteiger partial charge in [-0.15, -0.1) is 0 Å². The normalized spacial score (nSPS) is 16.7. The molecule has 116 valence electrons. The molecule has 1 aliphatic rings. The van der Waals surface area contributed by atoms with E-state index in [0.717, 1.165) is 13.1 Å². The molecule has 0 aliphatic carbocycles. The fourth-order valence-electron chi connectivity index (χ4n) is 1.71. The first kappa shape index (κ1) is 16.6. The van der Waals surface area contributed by atoms with Gasteiger partial charge < -0.3 is 24.6 Å². The van der Waals surface area contributed by atoms with Gasteiger partial charge in [0.25, 0.3) is 0 Å². The summed E-state index contributed by atoms with van der Waals surface area (Å²) in [5.41, 5.74) is -0.408. The molecule has 1 fully saturated rings. The summed E-state index contributed by atoms with van der Waals surface area (Å²) in [5.74, 6) is 0. The molecule has 0 radical (unpaired) electrons. The van der Waals surface area contributed by atoms with Crippen molar-refractivity contribution in [2.75, 3.05) is 53.5 Å². The number of nitrogens with one attached hydrogen (secondary N) is 1. The fourth-order valence-corrected chi connectivity index (χ4v) is 1.71. The monoisotopic (exact) mass is 287 g/mol. The predicted octanol–water partition coefficient (Wildman–Crippen LogP) is 0.753. The van der Waals surface area contributed by atoms with Crippen molar-refractivity contribution in [3.05, 3.63) is 0 Å². The minimum atomic E-state index is -0.483. The molecule has 0 unspecified atom stereocenters. The number of ether oxygens (including phenoxy) is 2. The second kappa shape index (κ2) is 7.33. The highest BCUT2D eigenvalue weighted by molar-refractivity contribution is 5.68. The number of rotatable bonds is 4. The quantitative estimate of drug-likeness (QED) is 0.826. The Morgan fingerprint density at radius 1 is 1.10 bits per heavy atom. The number of carbonyl (C=O) groups excluding carboxylic acids is 2. The molecule has 7 heteroatoms. The fraction of sp³-hybridized carbons (Fsp3) is 0.846. The maximum absolute atomic E-state index is 11.9. The van der Waals surface area contributed by atoms with E-state index in [2.05, 4.69) is 10.2 Å². The average Bonchev–Trinajstić information content (AvgIpc) is 2.43. The summed E-state index contributed by atoms with van der Waals surface area (Å²) in [6, 6.07) is 0. The molecule has 1 N–H and O–H groups in total. The lowest BCUT2D eigenvalue weighted by Crippen LogP contribution is -2.47. The molecular weight excluding hydrogens is 262 g/mol. The summed E-state index contributed by atoms with van der Waals surface area (Å²) >= 11 is 0. The van der Waals surface area contributed by atoms with E-state index in [0.29, 0.717) is 13.1 Å². The Morgan fingerprint density at radius 2 is 1.65 bits per heavy atom. The summed E-state index contributed by atoms with van der Waals surface area (Å²) in [7, 11) is 3.53. The van der Waals surface area contributed by atoms with Crippen molar-refractivity contribution in [3.8, 4) is 0 Å².